The van der Waals surface area contributed by atoms with Crippen molar-refractivity contribution in [2.45, 2.75) is 71.3 Å². The third-order valence-electron chi connectivity index (χ3n) is 5.61. The second-order valence-corrected chi connectivity index (χ2v) is 8.57. The van der Waals surface area contributed by atoms with Crippen LogP contribution in [0.25, 0.3) is 10.8 Å². The number of hydrogen-bond acceptors (Lipinski definition) is 3. The Balaban J connectivity index is 1.88. The van der Waals surface area contributed by atoms with Gasteiger partial charge in [0, 0.05) is 23.1 Å². The zero-order valence-electron chi connectivity index (χ0n) is 18.1. The first kappa shape index (κ1) is 21.6. The molecule has 0 heterocycles. The van der Waals surface area contributed by atoms with Crippen molar-refractivity contribution in [3.8, 4) is 5.75 Å². The maximum atomic E-state index is 13.4. The average Bonchev–Trinajstić information content (AvgIpc) is 2.98. The first-order valence-corrected chi connectivity index (χ1v) is 11.2. The first-order valence-electron chi connectivity index (χ1n) is 11.2. The van der Waals surface area contributed by atoms with E-state index in [0.717, 1.165) is 54.3 Å². The molecule has 0 atom stereocenters. The van der Waals surface area contributed by atoms with Crippen LogP contribution in [0, 0.1) is 5.92 Å². The molecule has 1 amide bonds. The minimum atomic E-state index is -0.708. The highest BCUT2D eigenvalue weighted by Gasteiger charge is 2.39. The molecule has 158 valence electrons. The predicted molar refractivity (Wildman–Crippen MR) is 120 cm³/mol. The van der Waals surface area contributed by atoms with Gasteiger partial charge in [0.1, 0.15) is 11.4 Å². The van der Waals surface area contributed by atoms with Crippen molar-refractivity contribution in [1.29, 1.82) is 0 Å². The van der Waals surface area contributed by atoms with Crippen molar-refractivity contribution in [3.63, 3.8) is 0 Å². The van der Waals surface area contributed by atoms with Gasteiger partial charge in [-0.1, -0.05) is 70.7 Å². The van der Waals surface area contributed by atoms with Crippen LogP contribution < -0.4 is 10.1 Å². The summed E-state index contributed by atoms with van der Waals surface area (Å²) in [7, 11) is 0. The van der Waals surface area contributed by atoms with Gasteiger partial charge in [-0.3, -0.25) is 4.79 Å². The van der Waals surface area contributed by atoms with Crippen LogP contribution in [0.4, 0.5) is 5.69 Å². The molecule has 0 bridgehead atoms. The van der Waals surface area contributed by atoms with E-state index in [1.165, 1.54) is 12.8 Å². The Morgan fingerprint density at radius 1 is 1.03 bits per heavy atom. The van der Waals surface area contributed by atoms with Crippen LogP contribution >= 0.6 is 0 Å². The summed E-state index contributed by atoms with van der Waals surface area (Å²) in [5.41, 5.74) is 0.117. The summed E-state index contributed by atoms with van der Waals surface area (Å²) in [6.07, 6.45) is 6.95. The molecule has 1 aliphatic carbocycles. The predicted octanol–water partition coefficient (Wildman–Crippen LogP) is 6.33. The first-order chi connectivity index (χ1) is 14.1. The smallest absolute Gasteiger partial charge is 0.256 e. The number of hydrogen-bond donors (Lipinski definition) is 1. The van der Waals surface area contributed by atoms with E-state index in [4.69, 9.17) is 9.47 Å². The molecule has 1 saturated carbocycles. The summed E-state index contributed by atoms with van der Waals surface area (Å²) in [6, 6.07) is 12.0. The van der Waals surface area contributed by atoms with Gasteiger partial charge in [0.05, 0.1) is 6.61 Å². The highest BCUT2D eigenvalue weighted by Crippen LogP contribution is 2.35. The maximum absolute atomic E-state index is 13.4. The van der Waals surface area contributed by atoms with Gasteiger partial charge in [-0.25, -0.2) is 0 Å². The molecule has 4 nitrogen and oxygen atoms in total. The van der Waals surface area contributed by atoms with Gasteiger partial charge in [0.15, 0.2) is 0 Å². The Kier molecular flexibility index (Phi) is 7.54. The van der Waals surface area contributed by atoms with Gasteiger partial charge in [-0.05, 0) is 37.3 Å². The Bertz CT molecular complexity index is 807. The Morgan fingerprint density at radius 3 is 2.38 bits per heavy atom. The molecular formula is C25H35NO3. The number of nitrogens with one attached hydrogen (secondary N) is 1. The quantitative estimate of drug-likeness (QED) is 0.529. The molecule has 0 saturated heterocycles. The number of ether oxygens (including phenoxy) is 2. The fourth-order valence-corrected chi connectivity index (χ4v) is 4.03. The molecule has 29 heavy (non-hydrogen) atoms. The van der Waals surface area contributed by atoms with Crippen LogP contribution in [0.3, 0.4) is 0 Å². The van der Waals surface area contributed by atoms with E-state index < -0.39 is 5.60 Å². The van der Waals surface area contributed by atoms with E-state index in [1.54, 1.807) is 0 Å². The van der Waals surface area contributed by atoms with Crippen LogP contribution in [-0.2, 0) is 9.53 Å². The monoisotopic (exact) mass is 397 g/mol. The lowest BCUT2D eigenvalue weighted by Crippen LogP contribution is -2.45. The Morgan fingerprint density at radius 2 is 1.72 bits per heavy atom. The van der Waals surface area contributed by atoms with Crippen molar-refractivity contribution < 1.29 is 14.3 Å². The van der Waals surface area contributed by atoms with Gasteiger partial charge in [-0.2, -0.15) is 0 Å². The molecule has 4 heteroatoms. The molecule has 0 aliphatic heterocycles. The average molecular weight is 398 g/mol. The van der Waals surface area contributed by atoms with Crippen LogP contribution in [-0.4, -0.2) is 24.7 Å². The van der Waals surface area contributed by atoms with Gasteiger partial charge in [0.2, 0.25) is 0 Å². The molecule has 1 aliphatic rings. The van der Waals surface area contributed by atoms with E-state index in [9.17, 15) is 4.79 Å². The number of rotatable bonds is 8. The summed E-state index contributed by atoms with van der Waals surface area (Å²) in [5.74, 6) is 1.31. The van der Waals surface area contributed by atoms with E-state index in [1.807, 2.05) is 30.3 Å². The molecule has 3 rings (SSSR count). The normalized spacial score (nSPS) is 16.6. The molecule has 1 fully saturated rings. The third-order valence-corrected chi connectivity index (χ3v) is 5.61. The minimum absolute atomic E-state index is 0.00569. The number of carbonyl (C=O) groups excluding carboxylic acids is 1. The SMILES string of the molecule is CCCOC1(C(=O)Nc2ccc(OCC(C)C)c3ccccc23)CCCCCC1. The van der Waals surface area contributed by atoms with Crippen molar-refractivity contribution in [2.24, 2.45) is 5.92 Å². The van der Waals surface area contributed by atoms with Crippen LogP contribution in [0.15, 0.2) is 36.4 Å². The van der Waals surface area contributed by atoms with E-state index in [0.29, 0.717) is 19.1 Å². The van der Waals surface area contributed by atoms with Gasteiger partial charge < -0.3 is 14.8 Å². The topological polar surface area (TPSA) is 47.6 Å². The number of carbonyl (C=O) groups is 1. The Hall–Kier alpha value is -2.07. The second-order valence-electron chi connectivity index (χ2n) is 8.57. The second kappa shape index (κ2) is 10.1. The molecule has 0 aromatic heterocycles. The summed E-state index contributed by atoms with van der Waals surface area (Å²) in [6.45, 7) is 7.66. The molecule has 0 unspecified atom stereocenters. The van der Waals surface area contributed by atoms with Gasteiger partial charge >= 0.3 is 0 Å². The zero-order valence-corrected chi connectivity index (χ0v) is 18.1. The van der Waals surface area contributed by atoms with E-state index in [-0.39, 0.29) is 5.91 Å². The fourth-order valence-electron chi connectivity index (χ4n) is 4.03. The molecule has 2 aromatic carbocycles. The molecule has 1 N–H and O–H groups in total. The summed E-state index contributed by atoms with van der Waals surface area (Å²) in [4.78, 5) is 13.4. The fraction of sp³-hybridized carbons (Fsp3) is 0.560. The molecular weight excluding hydrogens is 362 g/mol. The maximum Gasteiger partial charge on any atom is 0.256 e. The number of anilines is 1. The molecule has 0 radical (unpaired) electrons. The number of benzene rings is 2. The number of amides is 1. The van der Waals surface area contributed by atoms with Crippen molar-refractivity contribution in [1.82, 2.24) is 0 Å². The van der Waals surface area contributed by atoms with Gasteiger partial charge in [0.25, 0.3) is 5.91 Å². The summed E-state index contributed by atoms with van der Waals surface area (Å²) >= 11 is 0. The van der Waals surface area contributed by atoms with E-state index >= 15 is 0 Å². The third kappa shape index (κ3) is 5.30. The lowest BCUT2D eigenvalue weighted by molar-refractivity contribution is -0.143. The number of fused-ring (bicyclic) bond motifs is 1. The molecule has 0 spiro atoms. The highest BCUT2D eigenvalue weighted by atomic mass is 16.5. The van der Waals surface area contributed by atoms with Crippen molar-refractivity contribution in [2.75, 3.05) is 18.5 Å². The standard InChI is InChI=1S/C25H35NO3/c1-4-17-29-25(15-9-5-6-10-16-25)24(27)26-22-13-14-23(28-18-19(2)3)21-12-8-7-11-20(21)22/h7-8,11-14,19H,4-6,9-10,15-18H2,1-3H3,(H,26,27). The van der Waals surface area contributed by atoms with Crippen LogP contribution in [0.2, 0.25) is 0 Å². The van der Waals surface area contributed by atoms with Crippen LogP contribution in [0.1, 0.15) is 65.7 Å². The lowest BCUT2D eigenvalue weighted by atomic mass is 9.92. The largest absolute Gasteiger partial charge is 0.493 e. The van der Waals surface area contributed by atoms with E-state index in [2.05, 4.69) is 32.2 Å². The lowest BCUT2D eigenvalue weighted by Gasteiger charge is -2.31. The Labute approximate surface area is 175 Å². The minimum Gasteiger partial charge on any atom is -0.493 e. The van der Waals surface area contributed by atoms with Crippen molar-refractivity contribution in [3.05, 3.63) is 36.4 Å². The van der Waals surface area contributed by atoms with Gasteiger partial charge in [-0.15, -0.1) is 0 Å². The highest BCUT2D eigenvalue weighted by molar-refractivity contribution is 6.06. The van der Waals surface area contributed by atoms with Crippen LogP contribution in [0.5, 0.6) is 5.75 Å². The summed E-state index contributed by atoms with van der Waals surface area (Å²) < 4.78 is 12.2. The molecule has 2 aromatic rings. The summed E-state index contributed by atoms with van der Waals surface area (Å²) in [5, 5.41) is 5.23. The van der Waals surface area contributed by atoms with Crippen molar-refractivity contribution >= 4 is 22.4 Å². The zero-order chi connectivity index (χ0) is 20.7.